The highest BCUT2D eigenvalue weighted by atomic mass is 28.3. The molecule has 1 N–H and O–H groups in total. The van der Waals surface area contributed by atoms with E-state index in [4.69, 9.17) is 4.74 Å². The Morgan fingerprint density at radius 3 is 2.63 bits per heavy atom. The summed E-state index contributed by atoms with van der Waals surface area (Å²) in [5.41, 5.74) is 0.927. The normalized spacial score (nSPS) is 11.8. The van der Waals surface area contributed by atoms with Crippen LogP contribution in [0, 0.1) is 0 Å². The number of phenols is 1. The molecule has 1 rings (SSSR count). The molecule has 1 aromatic rings. The lowest BCUT2D eigenvalue weighted by Crippen LogP contribution is -2.22. The van der Waals surface area contributed by atoms with Gasteiger partial charge in [-0.15, -0.1) is 0 Å². The molecule has 3 nitrogen and oxygen atoms in total. The maximum atomic E-state index is 12.0. The quantitative estimate of drug-likeness (QED) is 0.656. The lowest BCUT2D eigenvalue weighted by Gasteiger charge is -2.16. The Balaban J connectivity index is 2.82. The molecular formula is C15H22O3Si. The summed E-state index contributed by atoms with van der Waals surface area (Å²) in [7, 11) is -1.22. The largest absolute Gasteiger partial charge is 0.507 e. The number of carbonyl (C=O) groups excluding carboxylic acids is 1. The smallest absolute Gasteiger partial charge is 0.342 e. The Kier molecular flexibility index (Phi) is 5.36. The minimum absolute atomic E-state index is 0.0337. The van der Waals surface area contributed by atoms with E-state index in [0.29, 0.717) is 12.2 Å². The van der Waals surface area contributed by atoms with Crippen molar-refractivity contribution in [3.8, 4) is 5.75 Å². The van der Waals surface area contributed by atoms with Crippen molar-refractivity contribution in [2.75, 3.05) is 6.61 Å². The topological polar surface area (TPSA) is 46.5 Å². The van der Waals surface area contributed by atoms with Crippen molar-refractivity contribution in [1.29, 1.82) is 0 Å². The number of aromatic hydroxyl groups is 1. The van der Waals surface area contributed by atoms with Crippen LogP contribution < -0.4 is 0 Å². The highest BCUT2D eigenvalue weighted by molar-refractivity contribution is 6.76. The van der Waals surface area contributed by atoms with Gasteiger partial charge in [-0.3, -0.25) is 0 Å². The second kappa shape index (κ2) is 6.57. The van der Waals surface area contributed by atoms with Gasteiger partial charge in [-0.25, -0.2) is 4.79 Å². The number of benzene rings is 1. The summed E-state index contributed by atoms with van der Waals surface area (Å²) in [6.07, 6.45) is 3.61. The van der Waals surface area contributed by atoms with Gasteiger partial charge in [0.1, 0.15) is 11.3 Å². The van der Waals surface area contributed by atoms with E-state index < -0.39 is 14.0 Å². The number of allylic oxidation sites excluding steroid dienone is 1. The Bertz CT molecular complexity index is 473. The van der Waals surface area contributed by atoms with Gasteiger partial charge in [0.25, 0.3) is 0 Å². The molecule has 0 amide bonds. The third-order valence-electron chi connectivity index (χ3n) is 2.71. The van der Waals surface area contributed by atoms with E-state index in [2.05, 4.69) is 19.6 Å². The maximum Gasteiger partial charge on any atom is 0.342 e. The zero-order chi connectivity index (χ0) is 14.5. The molecule has 0 spiro atoms. The van der Waals surface area contributed by atoms with Crippen LogP contribution in [0.2, 0.25) is 25.7 Å². The van der Waals surface area contributed by atoms with Crippen molar-refractivity contribution in [3.05, 3.63) is 35.4 Å². The van der Waals surface area contributed by atoms with Gasteiger partial charge >= 0.3 is 5.97 Å². The number of hydrogen-bond donors (Lipinski definition) is 1. The minimum atomic E-state index is -1.22. The van der Waals surface area contributed by atoms with Crippen LogP contribution in [0.3, 0.4) is 0 Å². The van der Waals surface area contributed by atoms with E-state index in [-0.39, 0.29) is 11.3 Å². The first-order valence-corrected chi connectivity index (χ1v) is 10.2. The summed E-state index contributed by atoms with van der Waals surface area (Å²) < 4.78 is 5.27. The van der Waals surface area contributed by atoms with Crippen molar-refractivity contribution in [2.45, 2.75) is 32.6 Å². The fourth-order valence-electron chi connectivity index (χ4n) is 1.62. The van der Waals surface area contributed by atoms with Crippen LogP contribution in [0.15, 0.2) is 24.3 Å². The summed E-state index contributed by atoms with van der Waals surface area (Å²) in [6.45, 7) is 8.97. The molecule has 0 aliphatic rings. The molecule has 0 aliphatic carbocycles. The molecule has 0 fully saturated rings. The predicted molar refractivity (Wildman–Crippen MR) is 81.3 cm³/mol. The summed E-state index contributed by atoms with van der Waals surface area (Å²) in [5.74, 6) is -0.488. The minimum Gasteiger partial charge on any atom is -0.507 e. The van der Waals surface area contributed by atoms with Gasteiger partial charge in [-0.1, -0.05) is 43.9 Å². The van der Waals surface area contributed by atoms with E-state index >= 15 is 0 Å². The third-order valence-corrected chi connectivity index (χ3v) is 4.41. The highest BCUT2D eigenvalue weighted by Gasteiger charge is 2.18. The van der Waals surface area contributed by atoms with Crippen LogP contribution in [-0.2, 0) is 4.74 Å². The molecule has 0 radical (unpaired) electrons. The van der Waals surface area contributed by atoms with Gasteiger partial charge in [0.15, 0.2) is 0 Å². The maximum absolute atomic E-state index is 12.0. The lowest BCUT2D eigenvalue weighted by atomic mass is 10.1. The van der Waals surface area contributed by atoms with Gasteiger partial charge < -0.3 is 9.84 Å². The Hall–Kier alpha value is -1.55. The van der Waals surface area contributed by atoms with Crippen LogP contribution in [0.5, 0.6) is 5.75 Å². The fraction of sp³-hybridized carbons (Fsp3) is 0.400. The standard InChI is InChI=1S/C15H22O3Si/c1-5-7-12-8-6-9-13(16)14(12)15(17)18-10-11-19(2,3)4/h5-9,16H,10-11H2,1-4H3/b7-5-. The first-order valence-electron chi connectivity index (χ1n) is 6.47. The van der Waals surface area contributed by atoms with Crippen molar-refractivity contribution in [2.24, 2.45) is 0 Å². The van der Waals surface area contributed by atoms with E-state index in [1.807, 2.05) is 13.0 Å². The molecule has 0 saturated carbocycles. The van der Waals surface area contributed by atoms with E-state index in [1.54, 1.807) is 18.2 Å². The van der Waals surface area contributed by atoms with Crippen molar-refractivity contribution in [1.82, 2.24) is 0 Å². The SMILES string of the molecule is C/C=C\c1cccc(O)c1C(=O)OCC[Si](C)(C)C. The summed E-state index contributed by atoms with van der Waals surface area (Å²) in [4.78, 5) is 12.0. The average molecular weight is 278 g/mol. The number of phenolic OH excluding ortho intramolecular Hbond substituents is 1. The van der Waals surface area contributed by atoms with Crippen molar-refractivity contribution < 1.29 is 14.6 Å². The second-order valence-electron chi connectivity index (χ2n) is 5.69. The third kappa shape index (κ3) is 4.91. The van der Waals surface area contributed by atoms with Gasteiger partial charge in [0.2, 0.25) is 0 Å². The molecule has 0 aromatic heterocycles. The molecule has 104 valence electrons. The van der Waals surface area contributed by atoms with Crippen LogP contribution in [0.25, 0.3) is 6.08 Å². The number of rotatable bonds is 5. The number of ether oxygens (including phenoxy) is 1. The van der Waals surface area contributed by atoms with Gasteiger partial charge in [0.05, 0.1) is 6.61 Å². The highest BCUT2D eigenvalue weighted by Crippen LogP contribution is 2.23. The molecule has 0 heterocycles. The van der Waals surface area contributed by atoms with Gasteiger partial charge in [-0.2, -0.15) is 0 Å². The van der Waals surface area contributed by atoms with E-state index in [0.717, 1.165) is 6.04 Å². The Labute approximate surface area is 115 Å². The van der Waals surface area contributed by atoms with Gasteiger partial charge in [-0.05, 0) is 24.6 Å². The molecule has 0 unspecified atom stereocenters. The Morgan fingerprint density at radius 1 is 1.37 bits per heavy atom. The number of carbonyl (C=O) groups is 1. The van der Waals surface area contributed by atoms with Crippen LogP contribution in [0.4, 0.5) is 0 Å². The van der Waals surface area contributed by atoms with E-state index in [1.165, 1.54) is 6.07 Å². The zero-order valence-corrected chi connectivity index (χ0v) is 13.1. The molecule has 0 bridgehead atoms. The first-order chi connectivity index (χ1) is 8.85. The Morgan fingerprint density at radius 2 is 2.05 bits per heavy atom. The van der Waals surface area contributed by atoms with Crippen LogP contribution >= 0.6 is 0 Å². The molecule has 0 aliphatic heterocycles. The molecule has 0 atom stereocenters. The first kappa shape index (κ1) is 15.5. The predicted octanol–water partition coefficient (Wildman–Crippen LogP) is 3.92. The van der Waals surface area contributed by atoms with E-state index in [9.17, 15) is 9.90 Å². The monoisotopic (exact) mass is 278 g/mol. The number of hydrogen-bond acceptors (Lipinski definition) is 3. The molecule has 19 heavy (non-hydrogen) atoms. The molecule has 4 heteroatoms. The second-order valence-corrected chi connectivity index (χ2v) is 11.3. The molecule has 1 aromatic carbocycles. The summed E-state index contributed by atoms with van der Waals surface area (Å²) in [5, 5.41) is 9.82. The lowest BCUT2D eigenvalue weighted by molar-refractivity contribution is 0.0521. The summed E-state index contributed by atoms with van der Waals surface area (Å²) >= 11 is 0. The van der Waals surface area contributed by atoms with Crippen LogP contribution in [-0.4, -0.2) is 25.8 Å². The van der Waals surface area contributed by atoms with Crippen LogP contribution in [0.1, 0.15) is 22.8 Å². The summed E-state index contributed by atoms with van der Waals surface area (Å²) in [6, 6.07) is 5.92. The average Bonchev–Trinajstić information content (AvgIpc) is 2.27. The number of esters is 1. The molecular weight excluding hydrogens is 256 g/mol. The zero-order valence-electron chi connectivity index (χ0n) is 12.1. The van der Waals surface area contributed by atoms with Gasteiger partial charge in [0, 0.05) is 8.07 Å². The van der Waals surface area contributed by atoms with Crippen molar-refractivity contribution >= 4 is 20.1 Å². The van der Waals surface area contributed by atoms with Crippen molar-refractivity contribution in [3.63, 3.8) is 0 Å². The molecule has 0 saturated heterocycles. The fourth-order valence-corrected chi connectivity index (χ4v) is 2.33.